The van der Waals surface area contributed by atoms with E-state index >= 15 is 0 Å². The van der Waals surface area contributed by atoms with Gasteiger partial charge in [-0.25, -0.2) is 0 Å². The molecule has 2 N–H and O–H groups in total. The first kappa shape index (κ1) is 15.1. The summed E-state index contributed by atoms with van der Waals surface area (Å²) in [4.78, 5) is 0. The summed E-state index contributed by atoms with van der Waals surface area (Å²) in [5.41, 5.74) is 1.15. The minimum atomic E-state index is 0.259. The molecule has 4 nitrogen and oxygen atoms in total. The maximum absolute atomic E-state index is 5.45. The van der Waals surface area contributed by atoms with Gasteiger partial charge in [0, 0.05) is 11.6 Å². The van der Waals surface area contributed by atoms with Crippen molar-refractivity contribution in [3.63, 3.8) is 0 Å². The average Bonchev–Trinajstić information content (AvgIpc) is 2.52. The van der Waals surface area contributed by atoms with E-state index in [1.165, 1.54) is 12.8 Å². The summed E-state index contributed by atoms with van der Waals surface area (Å²) < 4.78 is 10.8. The van der Waals surface area contributed by atoms with Crippen LogP contribution >= 0.6 is 0 Å². The SMILES string of the molecule is COc1ccc(OC)c(C(C)NCC2CCNCC2)c1. The van der Waals surface area contributed by atoms with E-state index in [4.69, 9.17) is 9.47 Å². The van der Waals surface area contributed by atoms with Crippen molar-refractivity contribution in [2.24, 2.45) is 5.92 Å². The van der Waals surface area contributed by atoms with Gasteiger partial charge in [-0.2, -0.15) is 0 Å². The van der Waals surface area contributed by atoms with Crippen LogP contribution in [0.25, 0.3) is 0 Å². The Morgan fingerprint density at radius 1 is 1.25 bits per heavy atom. The molecule has 1 unspecified atom stereocenters. The lowest BCUT2D eigenvalue weighted by Gasteiger charge is -2.25. The molecule has 0 spiro atoms. The van der Waals surface area contributed by atoms with Gasteiger partial charge in [-0.1, -0.05) is 0 Å². The smallest absolute Gasteiger partial charge is 0.123 e. The van der Waals surface area contributed by atoms with Crippen LogP contribution in [0.1, 0.15) is 31.4 Å². The van der Waals surface area contributed by atoms with Crippen LogP contribution < -0.4 is 20.1 Å². The van der Waals surface area contributed by atoms with Gasteiger partial charge in [0.15, 0.2) is 0 Å². The van der Waals surface area contributed by atoms with Gasteiger partial charge in [0.2, 0.25) is 0 Å². The first-order valence-electron chi connectivity index (χ1n) is 7.40. The standard InChI is InChI=1S/C16H26N2O2/c1-12(18-11-13-6-8-17-9-7-13)15-10-14(19-2)4-5-16(15)20-3/h4-5,10,12-13,17-18H,6-9,11H2,1-3H3. The number of hydrogen-bond acceptors (Lipinski definition) is 4. The van der Waals surface area contributed by atoms with Gasteiger partial charge in [-0.05, 0) is 63.5 Å². The van der Waals surface area contributed by atoms with Gasteiger partial charge in [0.25, 0.3) is 0 Å². The van der Waals surface area contributed by atoms with E-state index in [0.717, 1.165) is 42.6 Å². The predicted molar refractivity (Wildman–Crippen MR) is 81.6 cm³/mol. The quantitative estimate of drug-likeness (QED) is 0.838. The minimum absolute atomic E-state index is 0.259. The van der Waals surface area contributed by atoms with Crippen LogP contribution in [0.3, 0.4) is 0 Å². The average molecular weight is 278 g/mol. The highest BCUT2D eigenvalue weighted by Crippen LogP contribution is 2.29. The largest absolute Gasteiger partial charge is 0.497 e. The van der Waals surface area contributed by atoms with Crippen LogP contribution in [0, 0.1) is 5.92 Å². The maximum atomic E-state index is 5.45. The predicted octanol–water partition coefficient (Wildman–Crippen LogP) is 2.35. The molecule has 1 aromatic rings. The highest BCUT2D eigenvalue weighted by molar-refractivity contribution is 5.42. The zero-order valence-corrected chi connectivity index (χ0v) is 12.7. The third kappa shape index (κ3) is 3.87. The first-order chi connectivity index (χ1) is 9.74. The number of methoxy groups -OCH3 is 2. The topological polar surface area (TPSA) is 42.5 Å². The highest BCUT2D eigenvalue weighted by Gasteiger charge is 2.16. The van der Waals surface area contributed by atoms with Crippen molar-refractivity contribution in [3.05, 3.63) is 23.8 Å². The van der Waals surface area contributed by atoms with Gasteiger partial charge in [0.05, 0.1) is 14.2 Å². The van der Waals surface area contributed by atoms with Gasteiger partial charge in [-0.3, -0.25) is 0 Å². The van der Waals surface area contributed by atoms with E-state index in [0.29, 0.717) is 0 Å². The molecule has 1 aromatic carbocycles. The Bertz CT molecular complexity index is 417. The van der Waals surface area contributed by atoms with Crippen molar-refractivity contribution in [1.82, 2.24) is 10.6 Å². The fourth-order valence-electron chi connectivity index (χ4n) is 2.72. The Labute approximate surface area is 121 Å². The molecule has 20 heavy (non-hydrogen) atoms. The van der Waals surface area contributed by atoms with Crippen molar-refractivity contribution in [1.29, 1.82) is 0 Å². The normalized spacial score (nSPS) is 17.8. The van der Waals surface area contributed by atoms with Crippen molar-refractivity contribution in [2.75, 3.05) is 33.9 Å². The molecule has 1 saturated heterocycles. The number of rotatable bonds is 6. The number of nitrogens with one attached hydrogen (secondary N) is 2. The van der Waals surface area contributed by atoms with E-state index in [1.54, 1.807) is 14.2 Å². The molecule has 0 aromatic heterocycles. The van der Waals surface area contributed by atoms with Crippen LogP contribution in [0.2, 0.25) is 0 Å². The highest BCUT2D eigenvalue weighted by atomic mass is 16.5. The molecule has 1 heterocycles. The lowest BCUT2D eigenvalue weighted by molar-refractivity contribution is 0.340. The van der Waals surface area contributed by atoms with E-state index in [9.17, 15) is 0 Å². The monoisotopic (exact) mass is 278 g/mol. The van der Waals surface area contributed by atoms with Crippen molar-refractivity contribution < 1.29 is 9.47 Å². The second kappa shape index (κ2) is 7.50. The van der Waals surface area contributed by atoms with Gasteiger partial charge >= 0.3 is 0 Å². The Morgan fingerprint density at radius 2 is 2.00 bits per heavy atom. The number of ether oxygens (including phenoxy) is 2. The molecule has 1 aliphatic rings. The summed E-state index contributed by atoms with van der Waals surface area (Å²) in [6.07, 6.45) is 2.52. The summed E-state index contributed by atoms with van der Waals surface area (Å²) in [6, 6.07) is 6.22. The molecule has 0 bridgehead atoms. The maximum Gasteiger partial charge on any atom is 0.123 e. The molecule has 112 valence electrons. The second-order valence-corrected chi connectivity index (χ2v) is 5.43. The van der Waals surface area contributed by atoms with Crippen LogP contribution in [-0.2, 0) is 0 Å². The number of piperidine rings is 1. The molecule has 1 atom stereocenters. The Morgan fingerprint density at radius 3 is 2.65 bits per heavy atom. The van der Waals surface area contributed by atoms with Crippen LogP contribution in [0.5, 0.6) is 11.5 Å². The van der Waals surface area contributed by atoms with E-state index < -0.39 is 0 Å². The zero-order valence-electron chi connectivity index (χ0n) is 12.7. The van der Waals surface area contributed by atoms with Crippen LogP contribution in [-0.4, -0.2) is 33.9 Å². The summed E-state index contributed by atoms with van der Waals surface area (Å²) in [5.74, 6) is 2.56. The molecule has 0 saturated carbocycles. The number of benzene rings is 1. The fraction of sp³-hybridized carbons (Fsp3) is 0.625. The molecule has 1 fully saturated rings. The summed E-state index contributed by atoms with van der Waals surface area (Å²) >= 11 is 0. The summed E-state index contributed by atoms with van der Waals surface area (Å²) in [5, 5.41) is 7.03. The van der Waals surface area contributed by atoms with Crippen molar-refractivity contribution >= 4 is 0 Å². The van der Waals surface area contributed by atoms with Gasteiger partial charge < -0.3 is 20.1 Å². The molecule has 0 radical (unpaired) electrons. The summed E-state index contributed by atoms with van der Waals surface area (Å²) in [6.45, 7) is 5.52. The molecule has 0 aliphatic carbocycles. The first-order valence-corrected chi connectivity index (χ1v) is 7.40. The molecular formula is C16H26N2O2. The van der Waals surface area contributed by atoms with Gasteiger partial charge in [-0.15, -0.1) is 0 Å². The van der Waals surface area contributed by atoms with E-state index in [-0.39, 0.29) is 6.04 Å². The Kier molecular flexibility index (Phi) is 5.68. The van der Waals surface area contributed by atoms with Crippen molar-refractivity contribution in [3.8, 4) is 11.5 Å². The molecule has 2 rings (SSSR count). The second-order valence-electron chi connectivity index (χ2n) is 5.43. The van der Waals surface area contributed by atoms with Crippen LogP contribution in [0.15, 0.2) is 18.2 Å². The Hall–Kier alpha value is -1.26. The zero-order chi connectivity index (χ0) is 14.4. The number of hydrogen-bond donors (Lipinski definition) is 2. The Balaban J connectivity index is 1.98. The van der Waals surface area contributed by atoms with Gasteiger partial charge in [0.1, 0.15) is 11.5 Å². The third-order valence-electron chi connectivity index (χ3n) is 4.07. The molecule has 4 heteroatoms. The molecular weight excluding hydrogens is 252 g/mol. The van der Waals surface area contributed by atoms with E-state index in [2.05, 4.69) is 23.6 Å². The summed E-state index contributed by atoms with van der Waals surface area (Å²) in [7, 11) is 3.41. The molecule has 1 aliphatic heterocycles. The van der Waals surface area contributed by atoms with Crippen LogP contribution in [0.4, 0.5) is 0 Å². The fourth-order valence-corrected chi connectivity index (χ4v) is 2.72. The lowest BCUT2D eigenvalue weighted by Crippen LogP contribution is -2.34. The lowest BCUT2D eigenvalue weighted by atomic mass is 9.97. The molecule has 0 amide bonds. The minimum Gasteiger partial charge on any atom is -0.497 e. The third-order valence-corrected chi connectivity index (χ3v) is 4.07. The van der Waals surface area contributed by atoms with Crippen molar-refractivity contribution in [2.45, 2.75) is 25.8 Å². The van der Waals surface area contributed by atoms with E-state index in [1.807, 2.05) is 12.1 Å².